The van der Waals surface area contributed by atoms with E-state index in [4.69, 9.17) is 9.72 Å². The van der Waals surface area contributed by atoms with Gasteiger partial charge in [0.2, 0.25) is 0 Å². The van der Waals surface area contributed by atoms with Gasteiger partial charge in [0.05, 0.1) is 20.6 Å². The quantitative estimate of drug-likeness (QED) is 0.730. The minimum absolute atomic E-state index is 0.0611. The molecule has 0 unspecified atom stereocenters. The second kappa shape index (κ2) is 7.58. The van der Waals surface area contributed by atoms with E-state index in [1.807, 2.05) is 23.1 Å². The van der Waals surface area contributed by atoms with E-state index in [9.17, 15) is 9.59 Å². The van der Waals surface area contributed by atoms with Gasteiger partial charge in [-0.2, -0.15) is 0 Å². The molecule has 4 rings (SSSR count). The number of ether oxygens (including phenoxy) is 1. The van der Waals surface area contributed by atoms with Gasteiger partial charge in [0.25, 0.3) is 5.91 Å². The van der Waals surface area contributed by atoms with E-state index >= 15 is 0 Å². The molecule has 0 radical (unpaired) electrons. The fourth-order valence-electron chi connectivity index (χ4n) is 4.32. The third kappa shape index (κ3) is 3.72. The molecule has 1 aromatic heterocycles. The van der Waals surface area contributed by atoms with Crippen molar-refractivity contribution < 1.29 is 14.3 Å². The lowest BCUT2D eigenvalue weighted by molar-refractivity contribution is -0.167. The third-order valence-corrected chi connectivity index (χ3v) is 6.91. The van der Waals surface area contributed by atoms with Crippen LogP contribution in [-0.2, 0) is 20.7 Å². The molecule has 6 heteroatoms. The number of rotatable bonds is 5. The summed E-state index contributed by atoms with van der Waals surface area (Å²) in [4.78, 5) is 32.1. The zero-order valence-corrected chi connectivity index (χ0v) is 16.6. The van der Waals surface area contributed by atoms with E-state index in [1.54, 1.807) is 18.3 Å². The monoisotopic (exact) mass is 386 g/mol. The Balaban J connectivity index is 1.48. The maximum atomic E-state index is 13.1. The van der Waals surface area contributed by atoms with Crippen LogP contribution in [0, 0.1) is 5.41 Å². The molecule has 1 aliphatic heterocycles. The van der Waals surface area contributed by atoms with Crippen LogP contribution in [0.2, 0.25) is 0 Å². The van der Waals surface area contributed by atoms with Gasteiger partial charge < -0.3 is 9.64 Å². The highest BCUT2D eigenvalue weighted by Crippen LogP contribution is 2.43. The average molecular weight is 387 g/mol. The van der Waals surface area contributed by atoms with Gasteiger partial charge in [0.1, 0.15) is 0 Å². The highest BCUT2D eigenvalue weighted by Gasteiger charge is 2.44. The second-order valence-corrected chi connectivity index (χ2v) is 8.93. The van der Waals surface area contributed by atoms with E-state index in [2.05, 4.69) is 6.07 Å². The number of likely N-dealkylation sites (tertiary alicyclic amines) is 1. The van der Waals surface area contributed by atoms with E-state index in [0.29, 0.717) is 6.42 Å². The summed E-state index contributed by atoms with van der Waals surface area (Å²) in [6, 6.07) is 8.06. The van der Waals surface area contributed by atoms with Crippen LogP contribution in [0.15, 0.2) is 24.3 Å². The maximum absolute atomic E-state index is 13.1. The Morgan fingerprint density at radius 3 is 2.59 bits per heavy atom. The van der Waals surface area contributed by atoms with Gasteiger partial charge >= 0.3 is 5.97 Å². The van der Waals surface area contributed by atoms with Crippen LogP contribution >= 0.6 is 11.3 Å². The molecule has 1 saturated carbocycles. The predicted molar refractivity (Wildman–Crippen MR) is 106 cm³/mol. The number of nitrogens with zero attached hydrogens (tertiary/aromatic N) is 2. The highest BCUT2D eigenvalue weighted by atomic mass is 32.1. The molecule has 2 fully saturated rings. The molecule has 0 spiro atoms. The van der Waals surface area contributed by atoms with Crippen molar-refractivity contribution in [1.82, 2.24) is 9.88 Å². The molecular weight excluding hydrogens is 360 g/mol. The predicted octanol–water partition coefficient (Wildman–Crippen LogP) is 3.95. The van der Waals surface area contributed by atoms with Crippen LogP contribution in [0.4, 0.5) is 0 Å². The lowest BCUT2D eigenvalue weighted by Crippen LogP contribution is -2.41. The van der Waals surface area contributed by atoms with E-state index in [1.165, 1.54) is 0 Å². The van der Waals surface area contributed by atoms with Gasteiger partial charge in [-0.1, -0.05) is 25.0 Å². The molecule has 5 nitrogen and oxygen atoms in total. The lowest BCUT2D eigenvalue weighted by atomic mass is 9.83. The fourth-order valence-corrected chi connectivity index (χ4v) is 5.43. The van der Waals surface area contributed by atoms with Crippen LogP contribution in [0.5, 0.6) is 0 Å². The number of esters is 1. The van der Waals surface area contributed by atoms with Crippen LogP contribution in [-0.4, -0.2) is 41.0 Å². The van der Waals surface area contributed by atoms with Crippen LogP contribution in [0.25, 0.3) is 10.2 Å². The van der Waals surface area contributed by atoms with Crippen molar-refractivity contribution in [3.05, 3.63) is 29.3 Å². The second-order valence-electron chi connectivity index (χ2n) is 7.82. The number of fused-ring (bicyclic) bond motifs is 1. The number of amides is 1. The van der Waals surface area contributed by atoms with Crippen LogP contribution < -0.4 is 0 Å². The zero-order valence-electron chi connectivity index (χ0n) is 15.8. The number of para-hydroxylation sites is 1. The van der Waals surface area contributed by atoms with Crippen LogP contribution in [0.1, 0.15) is 50.5 Å². The summed E-state index contributed by atoms with van der Waals surface area (Å²) in [5.41, 5.74) is 0.449. The SMILES string of the molecule is C[C@@H](OC(=O)C1(Cc2nc3ccccc3s2)CCCC1)C(=O)N1CCCC1. The van der Waals surface area contributed by atoms with Crippen molar-refractivity contribution >= 4 is 33.4 Å². The number of aromatic nitrogens is 1. The molecule has 2 aliphatic rings. The van der Waals surface area contributed by atoms with Gasteiger partial charge in [0.15, 0.2) is 6.10 Å². The molecule has 1 aromatic carbocycles. The number of benzene rings is 1. The number of carbonyl (C=O) groups excluding carboxylic acids is 2. The number of hydrogen-bond donors (Lipinski definition) is 0. The molecule has 144 valence electrons. The van der Waals surface area contributed by atoms with Gasteiger partial charge in [-0.05, 0) is 44.7 Å². The molecule has 2 heterocycles. The Kier molecular flexibility index (Phi) is 5.17. The lowest BCUT2D eigenvalue weighted by Gasteiger charge is -2.28. The maximum Gasteiger partial charge on any atom is 0.313 e. The summed E-state index contributed by atoms with van der Waals surface area (Å²) in [6.07, 6.45) is 5.64. The smallest absolute Gasteiger partial charge is 0.313 e. The van der Waals surface area contributed by atoms with Crippen LogP contribution in [0.3, 0.4) is 0 Å². The number of carbonyl (C=O) groups is 2. The van der Waals surface area contributed by atoms with E-state index in [0.717, 1.165) is 66.8 Å². The minimum Gasteiger partial charge on any atom is -0.452 e. The molecule has 1 amide bonds. The van der Waals surface area contributed by atoms with Crippen molar-refractivity contribution in [3.63, 3.8) is 0 Å². The molecule has 27 heavy (non-hydrogen) atoms. The Labute approximate surface area is 163 Å². The molecule has 1 saturated heterocycles. The van der Waals surface area contributed by atoms with Gasteiger partial charge in [-0.25, -0.2) is 4.98 Å². The van der Waals surface area contributed by atoms with Crippen molar-refractivity contribution in [2.45, 2.75) is 58.0 Å². The zero-order chi connectivity index (χ0) is 18.9. The number of hydrogen-bond acceptors (Lipinski definition) is 5. The summed E-state index contributed by atoms with van der Waals surface area (Å²) >= 11 is 1.65. The molecule has 1 aliphatic carbocycles. The average Bonchev–Trinajstić information content (AvgIpc) is 3.41. The van der Waals surface area contributed by atoms with Gasteiger partial charge in [-0.15, -0.1) is 11.3 Å². The first kappa shape index (κ1) is 18.4. The Morgan fingerprint density at radius 2 is 1.89 bits per heavy atom. The fraction of sp³-hybridized carbons (Fsp3) is 0.571. The van der Waals surface area contributed by atoms with Crippen molar-refractivity contribution in [1.29, 1.82) is 0 Å². The summed E-state index contributed by atoms with van der Waals surface area (Å²) in [5.74, 6) is -0.284. The molecular formula is C21H26N2O3S. The first-order valence-electron chi connectivity index (χ1n) is 9.92. The summed E-state index contributed by atoms with van der Waals surface area (Å²) in [5, 5.41) is 0.980. The molecule has 0 N–H and O–H groups in total. The topological polar surface area (TPSA) is 59.5 Å². The molecule has 1 atom stereocenters. The third-order valence-electron chi connectivity index (χ3n) is 5.87. The normalized spacial score (nSPS) is 20.1. The van der Waals surface area contributed by atoms with Crippen molar-refractivity contribution in [2.75, 3.05) is 13.1 Å². The minimum atomic E-state index is -0.705. The Morgan fingerprint density at radius 1 is 1.19 bits per heavy atom. The van der Waals surface area contributed by atoms with Crippen molar-refractivity contribution in [3.8, 4) is 0 Å². The Bertz CT molecular complexity index is 802. The first-order valence-corrected chi connectivity index (χ1v) is 10.7. The summed E-state index contributed by atoms with van der Waals surface area (Å²) in [7, 11) is 0. The van der Waals surface area contributed by atoms with Gasteiger partial charge in [-0.3, -0.25) is 9.59 Å². The molecule has 2 aromatic rings. The Hall–Kier alpha value is -1.95. The molecule has 0 bridgehead atoms. The standard InChI is InChI=1S/C21H26N2O3S/c1-15(19(24)23-12-6-7-13-23)26-20(25)21(10-4-5-11-21)14-18-22-16-8-2-3-9-17(16)27-18/h2-3,8-9,15H,4-7,10-14H2,1H3/t15-/m1/s1. The largest absolute Gasteiger partial charge is 0.452 e. The summed E-state index contributed by atoms with van der Waals surface area (Å²) < 4.78 is 6.85. The van der Waals surface area contributed by atoms with E-state index in [-0.39, 0.29) is 11.9 Å². The number of thiazole rings is 1. The van der Waals surface area contributed by atoms with E-state index < -0.39 is 11.5 Å². The van der Waals surface area contributed by atoms with Crippen molar-refractivity contribution in [2.24, 2.45) is 5.41 Å². The highest BCUT2D eigenvalue weighted by molar-refractivity contribution is 7.18. The first-order chi connectivity index (χ1) is 13.1. The van der Waals surface area contributed by atoms with Gasteiger partial charge in [0, 0.05) is 19.5 Å². The summed E-state index contributed by atoms with van der Waals surface area (Å²) in [6.45, 7) is 3.26.